The van der Waals surface area contributed by atoms with Crippen LogP contribution in [0.3, 0.4) is 0 Å². The predicted molar refractivity (Wildman–Crippen MR) is 108 cm³/mol. The number of benzene rings is 2. The Kier molecular flexibility index (Phi) is 6.37. The summed E-state index contributed by atoms with van der Waals surface area (Å²) < 4.78 is 19.3. The number of methoxy groups -OCH3 is 1. The van der Waals surface area contributed by atoms with E-state index >= 15 is 0 Å². The molecular weight excluding hydrogens is 355 g/mol. The van der Waals surface area contributed by atoms with Crippen LogP contribution in [-0.2, 0) is 22.5 Å². The molecule has 0 atom stereocenters. The number of nitrogens with one attached hydrogen (secondary N) is 1. The van der Waals surface area contributed by atoms with E-state index in [4.69, 9.17) is 0 Å². The minimum atomic E-state index is -0.295. The van der Waals surface area contributed by atoms with Crippen molar-refractivity contribution in [3.05, 3.63) is 83.4 Å². The molecule has 5 heteroatoms. The molecule has 0 fully saturated rings. The molecule has 0 aliphatic carbocycles. The standard InChI is InChI=1S/C23H23FN2O2/c1-16-18(10-12-22(27)28-2)9-11-21(23(16)24)26-14-17-5-7-19(8-6-17)20-4-3-13-25-15-20/h3-9,11,13,15,26H,10,12,14H2,1-2H3. The highest BCUT2D eigenvalue weighted by Gasteiger charge is 2.11. The summed E-state index contributed by atoms with van der Waals surface area (Å²) in [4.78, 5) is 15.4. The van der Waals surface area contributed by atoms with Gasteiger partial charge in [-0.05, 0) is 53.3 Å². The number of rotatable bonds is 7. The van der Waals surface area contributed by atoms with Crippen LogP contribution >= 0.6 is 0 Å². The largest absolute Gasteiger partial charge is 0.469 e. The van der Waals surface area contributed by atoms with Crippen LogP contribution in [0.2, 0.25) is 0 Å². The van der Waals surface area contributed by atoms with Crippen molar-refractivity contribution in [2.24, 2.45) is 0 Å². The summed E-state index contributed by atoms with van der Waals surface area (Å²) >= 11 is 0. The zero-order valence-electron chi connectivity index (χ0n) is 16.0. The fourth-order valence-corrected chi connectivity index (χ4v) is 3.02. The van der Waals surface area contributed by atoms with E-state index in [0.29, 0.717) is 24.2 Å². The number of anilines is 1. The van der Waals surface area contributed by atoms with E-state index in [2.05, 4.69) is 15.0 Å². The SMILES string of the molecule is COC(=O)CCc1ccc(NCc2ccc(-c3cccnc3)cc2)c(F)c1C. The maximum absolute atomic E-state index is 14.7. The molecule has 0 bridgehead atoms. The third-order valence-electron chi connectivity index (χ3n) is 4.76. The van der Waals surface area contributed by atoms with Gasteiger partial charge in [0.15, 0.2) is 0 Å². The molecule has 1 aromatic heterocycles. The molecule has 2 aromatic carbocycles. The molecule has 4 nitrogen and oxygen atoms in total. The second kappa shape index (κ2) is 9.13. The minimum Gasteiger partial charge on any atom is -0.469 e. The first kappa shape index (κ1) is 19.5. The first-order chi connectivity index (χ1) is 13.6. The van der Waals surface area contributed by atoms with Crippen molar-refractivity contribution >= 4 is 11.7 Å². The van der Waals surface area contributed by atoms with Gasteiger partial charge in [-0.25, -0.2) is 4.39 Å². The monoisotopic (exact) mass is 378 g/mol. The second-order valence-electron chi connectivity index (χ2n) is 6.58. The van der Waals surface area contributed by atoms with Gasteiger partial charge in [0, 0.05) is 25.4 Å². The van der Waals surface area contributed by atoms with Gasteiger partial charge >= 0.3 is 5.97 Å². The summed E-state index contributed by atoms with van der Waals surface area (Å²) in [6.45, 7) is 2.25. The molecule has 1 N–H and O–H groups in total. The predicted octanol–water partition coefficient (Wildman–Crippen LogP) is 4.91. The molecule has 0 amide bonds. The lowest BCUT2D eigenvalue weighted by molar-refractivity contribution is -0.140. The van der Waals surface area contributed by atoms with Crippen LogP contribution in [-0.4, -0.2) is 18.1 Å². The molecule has 0 saturated heterocycles. The third kappa shape index (κ3) is 4.74. The molecule has 1 heterocycles. The van der Waals surface area contributed by atoms with Crippen molar-refractivity contribution in [2.75, 3.05) is 12.4 Å². The zero-order valence-corrected chi connectivity index (χ0v) is 16.0. The number of halogens is 1. The van der Waals surface area contributed by atoms with Gasteiger partial charge in [-0.15, -0.1) is 0 Å². The summed E-state index contributed by atoms with van der Waals surface area (Å²) in [5, 5.41) is 3.15. The molecule has 0 spiro atoms. The first-order valence-electron chi connectivity index (χ1n) is 9.16. The normalized spacial score (nSPS) is 10.5. The third-order valence-corrected chi connectivity index (χ3v) is 4.76. The van der Waals surface area contributed by atoms with E-state index in [-0.39, 0.29) is 18.2 Å². The van der Waals surface area contributed by atoms with Crippen LogP contribution in [0.15, 0.2) is 60.9 Å². The van der Waals surface area contributed by atoms with Gasteiger partial charge in [0.1, 0.15) is 5.82 Å². The summed E-state index contributed by atoms with van der Waals surface area (Å²) in [5.74, 6) is -0.578. The number of hydrogen-bond donors (Lipinski definition) is 1. The average Bonchev–Trinajstić information content (AvgIpc) is 2.75. The van der Waals surface area contributed by atoms with E-state index in [9.17, 15) is 9.18 Å². The number of carbonyl (C=O) groups is 1. The number of aromatic nitrogens is 1. The van der Waals surface area contributed by atoms with Crippen LogP contribution in [0.25, 0.3) is 11.1 Å². The number of aryl methyl sites for hydroxylation is 1. The highest BCUT2D eigenvalue weighted by Crippen LogP contribution is 2.24. The van der Waals surface area contributed by atoms with E-state index < -0.39 is 0 Å². The molecule has 144 valence electrons. The second-order valence-corrected chi connectivity index (χ2v) is 6.58. The number of carbonyl (C=O) groups excluding carboxylic acids is 1. The van der Waals surface area contributed by atoms with Gasteiger partial charge in [-0.3, -0.25) is 9.78 Å². The Morgan fingerprint density at radius 1 is 1.11 bits per heavy atom. The summed E-state index contributed by atoms with van der Waals surface area (Å²) in [6, 6.07) is 15.6. The lowest BCUT2D eigenvalue weighted by Crippen LogP contribution is -2.06. The van der Waals surface area contributed by atoms with E-state index in [1.807, 2.05) is 48.7 Å². The van der Waals surface area contributed by atoms with Gasteiger partial charge in [0.05, 0.1) is 12.8 Å². The molecule has 0 saturated carbocycles. The summed E-state index contributed by atoms with van der Waals surface area (Å²) in [5.41, 5.74) is 5.03. The number of esters is 1. The molecule has 28 heavy (non-hydrogen) atoms. The Hall–Kier alpha value is -3.21. The van der Waals surface area contributed by atoms with Crippen LogP contribution < -0.4 is 5.32 Å². The topological polar surface area (TPSA) is 51.2 Å². The Balaban J connectivity index is 1.64. The van der Waals surface area contributed by atoms with Crippen LogP contribution in [0.1, 0.15) is 23.1 Å². The van der Waals surface area contributed by atoms with Crippen LogP contribution in [0.5, 0.6) is 0 Å². The molecule has 3 rings (SSSR count). The van der Waals surface area contributed by atoms with Crippen molar-refractivity contribution in [3.8, 4) is 11.1 Å². The van der Waals surface area contributed by atoms with Crippen molar-refractivity contribution in [1.82, 2.24) is 4.98 Å². The Labute approximate surface area is 164 Å². The van der Waals surface area contributed by atoms with Gasteiger partial charge in [0.2, 0.25) is 0 Å². The number of hydrogen-bond acceptors (Lipinski definition) is 4. The van der Waals surface area contributed by atoms with Crippen LogP contribution in [0, 0.1) is 12.7 Å². The number of nitrogens with zero attached hydrogens (tertiary/aromatic N) is 1. The molecular formula is C23H23FN2O2. The maximum atomic E-state index is 14.7. The summed E-state index contributed by atoms with van der Waals surface area (Å²) in [7, 11) is 1.35. The molecule has 0 radical (unpaired) electrons. The van der Waals surface area contributed by atoms with Crippen molar-refractivity contribution in [3.63, 3.8) is 0 Å². The number of ether oxygens (including phenoxy) is 1. The van der Waals surface area contributed by atoms with Crippen molar-refractivity contribution in [2.45, 2.75) is 26.3 Å². The smallest absolute Gasteiger partial charge is 0.305 e. The van der Waals surface area contributed by atoms with Gasteiger partial charge < -0.3 is 10.1 Å². The first-order valence-corrected chi connectivity index (χ1v) is 9.16. The number of pyridine rings is 1. The van der Waals surface area contributed by atoms with Gasteiger partial charge in [-0.2, -0.15) is 0 Å². The fourth-order valence-electron chi connectivity index (χ4n) is 3.02. The molecule has 0 aliphatic rings. The van der Waals surface area contributed by atoms with Crippen molar-refractivity contribution < 1.29 is 13.9 Å². The molecule has 0 aliphatic heterocycles. The highest BCUT2D eigenvalue weighted by atomic mass is 19.1. The van der Waals surface area contributed by atoms with E-state index in [1.165, 1.54) is 7.11 Å². The van der Waals surface area contributed by atoms with Crippen LogP contribution in [0.4, 0.5) is 10.1 Å². The highest BCUT2D eigenvalue weighted by molar-refractivity contribution is 5.69. The molecule has 3 aromatic rings. The Bertz CT molecular complexity index is 941. The van der Waals surface area contributed by atoms with E-state index in [1.54, 1.807) is 19.2 Å². The lowest BCUT2D eigenvalue weighted by atomic mass is 10.0. The quantitative estimate of drug-likeness (QED) is 0.593. The van der Waals surface area contributed by atoms with Gasteiger partial charge in [0.25, 0.3) is 0 Å². The maximum Gasteiger partial charge on any atom is 0.305 e. The van der Waals surface area contributed by atoms with Gasteiger partial charge in [-0.1, -0.05) is 36.4 Å². The molecule has 0 unspecified atom stereocenters. The average molecular weight is 378 g/mol. The zero-order chi connectivity index (χ0) is 19.9. The van der Waals surface area contributed by atoms with Crippen molar-refractivity contribution in [1.29, 1.82) is 0 Å². The Morgan fingerprint density at radius 3 is 2.57 bits per heavy atom. The Morgan fingerprint density at radius 2 is 1.89 bits per heavy atom. The summed E-state index contributed by atoms with van der Waals surface area (Å²) in [6.07, 6.45) is 4.28. The van der Waals surface area contributed by atoms with E-state index in [0.717, 1.165) is 22.3 Å². The minimum absolute atomic E-state index is 0.243. The fraction of sp³-hybridized carbons (Fsp3) is 0.217. The lowest BCUT2D eigenvalue weighted by Gasteiger charge is -2.13.